The molecule has 0 saturated carbocycles. The van der Waals surface area contributed by atoms with Gasteiger partial charge in [0.1, 0.15) is 18.1 Å². The number of carboxylic acids is 1. The van der Waals surface area contributed by atoms with E-state index >= 15 is 0 Å². The molecule has 1 aromatic heterocycles. The number of carbonyl (C=O) groups is 2. The average Bonchev–Trinajstić information content (AvgIpc) is 2.87. The molecule has 1 aliphatic rings. The van der Waals surface area contributed by atoms with Gasteiger partial charge in [0.2, 0.25) is 11.8 Å². The fourth-order valence-electron chi connectivity index (χ4n) is 3.93. The van der Waals surface area contributed by atoms with E-state index < -0.39 is 5.97 Å². The minimum Gasteiger partial charge on any atom is -0.492 e. The molecule has 1 amide bonds. The molecule has 1 fully saturated rings. The number of nitrogens with zero attached hydrogens (tertiary/aromatic N) is 2. The SMILES string of the molecule is O=C(Cc1ccc(Oc2ccc(OCCN3CCCCC3)cc2)nc1)Nc1ccccc1C(=O)O. The Morgan fingerprint density at radius 1 is 0.943 bits per heavy atom. The molecule has 0 spiro atoms. The summed E-state index contributed by atoms with van der Waals surface area (Å²) in [6, 6.07) is 17.1. The molecule has 0 bridgehead atoms. The van der Waals surface area contributed by atoms with Gasteiger partial charge in [-0.25, -0.2) is 9.78 Å². The zero-order chi connectivity index (χ0) is 24.5. The van der Waals surface area contributed by atoms with Crippen LogP contribution in [0.3, 0.4) is 0 Å². The average molecular weight is 476 g/mol. The van der Waals surface area contributed by atoms with Crippen LogP contribution in [0, 0.1) is 0 Å². The fourth-order valence-corrected chi connectivity index (χ4v) is 3.93. The minimum absolute atomic E-state index is 0.0427. The largest absolute Gasteiger partial charge is 0.492 e. The maximum absolute atomic E-state index is 12.4. The summed E-state index contributed by atoms with van der Waals surface area (Å²) >= 11 is 0. The van der Waals surface area contributed by atoms with E-state index in [9.17, 15) is 14.7 Å². The lowest BCUT2D eigenvalue weighted by molar-refractivity contribution is -0.115. The zero-order valence-corrected chi connectivity index (χ0v) is 19.5. The van der Waals surface area contributed by atoms with E-state index in [1.54, 1.807) is 36.5 Å². The van der Waals surface area contributed by atoms with Gasteiger partial charge in [-0.1, -0.05) is 24.6 Å². The summed E-state index contributed by atoms with van der Waals surface area (Å²) in [5.41, 5.74) is 0.984. The number of rotatable bonds is 10. The van der Waals surface area contributed by atoms with Crippen molar-refractivity contribution in [3.8, 4) is 17.4 Å². The molecular formula is C27H29N3O5. The number of carbonyl (C=O) groups excluding carboxylic acids is 1. The van der Waals surface area contributed by atoms with Crippen molar-refractivity contribution >= 4 is 17.6 Å². The van der Waals surface area contributed by atoms with Crippen molar-refractivity contribution in [1.82, 2.24) is 9.88 Å². The molecule has 1 saturated heterocycles. The first-order valence-electron chi connectivity index (χ1n) is 11.8. The predicted molar refractivity (Wildman–Crippen MR) is 132 cm³/mol. The lowest BCUT2D eigenvalue weighted by Gasteiger charge is -2.26. The first kappa shape index (κ1) is 24.2. The number of likely N-dealkylation sites (tertiary alicyclic amines) is 1. The van der Waals surface area contributed by atoms with Gasteiger partial charge in [-0.2, -0.15) is 0 Å². The summed E-state index contributed by atoms with van der Waals surface area (Å²) in [5, 5.41) is 11.9. The van der Waals surface area contributed by atoms with Crippen molar-refractivity contribution in [2.24, 2.45) is 0 Å². The van der Waals surface area contributed by atoms with E-state index in [2.05, 4.69) is 15.2 Å². The molecule has 35 heavy (non-hydrogen) atoms. The van der Waals surface area contributed by atoms with E-state index in [4.69, 9.17) is 9.47 Å². The number of hydrogen-bond acceptors (Lipinski definition) is 6. The third kappa shape index (κ3) is 7.28. The quantitative estimate of drug-likeness (QED) is 0.441. The van der Waals surface area contributed by atoms with Crippen LogP contribution in [0.4, 0.5) is 5.69 Å². The van der Waals surface area contributed by atoms with Gasteiger partial charge >= 0.3 is 5.97 Å². The molecule has 0 aliphatic carbocycles. The van der Waals surface area contributed by atoms with Gasteiger partial charge in [0.15, 0.2) is 0 Å². The van der Waals surface area contributed by atoms with Crippen molar-refractivity contribution in [3.63, 3.8) is 0 Å². The number of pyridine rings is 1. The highest BCUT2D eigenvalue weighted by molar-refractivity contribution is 6.00. The second-order valence-electron chi connectivity index (χ2n) is 8.40. The first-order chi connectivity index (χ1) is 17.1. The third-order valence-corrected chi connectivity index (χ3v) is 5.76. The van der Waals surface area contributed by atoms with Crippen LogP contribution in [0.15, 0.2) is 66.9 Å². The molecule has 2 aromatic carbocycles. The molecule has 182 valence electrons. The van der Waals surface area contributed by atoms with Crippen LogP contribution in [-0.2, 0) is 11.2 Å². The number of piperidine rings is 1. The number of nitrogens with one attached hydrogen (secondary N) is 1. The topological polar surface area (TPSA) is 101 Å². The Kier molecular flexibility index (Phi) is 8.30. The second-order valence-corrected chi connectivity index (χ2v) is 8.40. The summed E-state index contributed by atoms with van der Waals surface area (Å²) in [6.45, 7) is 3.92. The lowest BCUT2D eigenvalue weighted by atomic mass is 10.1. The first-order valence-corrected chi connectivity index (χ1v) is 11.8. The number of carboxylic acid groups (broad SMARTS) is 1. The van der Waals surface area contributed by atoms with Crippen molar-refractivity contribution in [2.75, 3.05) is 31.6 Å². The van der Waals surface area contributed by atoms with E-state index in [-0.39, 0.29) is 23.6 Å². The summed E-state index contributed by atoms with van der Waals surface area (Å²) in [7, 11) is 0. The fraction of sp³-hybridized carbons (Fsp3) is 0.296. The standard InChI is InChI=1S/C27H29N3O5/c31-25(29-24-7-3-2-6-23(24)27(32)33)18-20-8-13-26(28-19-20)35-22-11-9-21(10-12-22)34-17-16-30-14-4-1-5-15-30/h2-3,6-13,19H,1,4-5,14-18H2,(H,29,31)(H,32,33). The van der Waals surface area contributed by atoms with Crippen molar-refractivity contribution in [1.29, 1.82) is 0 Å². The van der Waals surface area contributed by atoms with E-state index in [1.165, 1.54) is 25.3 Å². The smallest absolute Gasteiger partial charge is 0.337 e. The summed E-state index contributed by atoms with van der Waals surface area (Å²) in [5.74, 6) is 0.417. The Balaban J connectivity index is 1.24. The monoisotopic (exact) mass is 475 g/mol. The van der Waals surface area contributed by atoms with Crippen LogP contribution < -0.4 is 14.8 Å². The maximum Gasteiger partial charge on any atom is 0.337 e. The number of aromatic nitrogens is 1. The highest BCUT2D eigenvalue weighted by Gasteiger charge is 2.13. The van der Waals surface area contributed by atoms with Gasteiger partial charge in [-0.05, 0) is 67.9 Å². The molecule has 0 atom stereocenters. The molecule has 2 heterocycles. The van der Waals surface area contributed by atoms with Gasteiger partial charge in [-0.15, -0.1) is 0 Å². The third-order valence-electron chi connectivity index (χ3n) is 5.76. The number of ether oxygens (including phenoxy) is 2. The molecule has 4 rings (SSSR count). The van der Waals surface area contributed by atoms with Gasteiger partial charge in [-0.3, -0.25) is 9.69 Å². The van der Waals surface area contributed by atoms with Gasteiger partial charge in [0.05, 0.1) is 17.7 Å². The van der Waals surface area contributed by atoms with E-state index in [0.29, 0.717) is 23.8 Å². The Hall–Kier alpha value is -3.91. The molecular weight excluding hydrogens is 446 g/mol. The molecule has 0 unspecified atom stereocenters. The normalized spacial score (nSPS) is 13.7. The van der Waals surface area contributed by atoms with Crippen LogP contribution in [0.5, 0.6) is 17.4 Å². The van der Waals surface area contributed by atoms with Crippen LogP contribution in [0.1, 0.15) is 35.2 Å². The Labute approximate surface area is 204 Å². The highest BCUT2D eigenvalue weighted by atomic mass is 16.5. The zero-order valence-electron chi connectivity index (χ0n) is 19.5. The van der Waals surface area contributed by atoms with E-state index in [1.807, 2.05) is 24.3 Å². The minimum atomic E-state index is -1.10. The number of hydrogen-bond donors (Lipinski definition) is 2. The van der Waals surface area contributed by atoms with Crippen LogP contribution in [0.25, 0.3) is 0 Å². The van der Waals surface area contributed by atoms with Crippen molar-refractivity contribution in [3.05, 3.63) is 78.0 Å². The predicted octanol–water partition coefficient (Wildman–Crippen LogP) is 4.62. The molecule has 1 aliphatic heterocycles. The summed E-state index contributed by atoms with van der Waals surface area (Å²) in [4.78, 5) is 30.4. The highest BCUT2D eigenvalue weighted by Crippen LogP contribution is 2.23. The van der Waals surface area contributed by atoms with Gasteiger partial charge in [0.25, 0.3) is 0 Å². The Morgan fingerprint density at radius 3 is 2.40 bits per heavy atom. The van der Waals surface area contributed by atoms with Gasteiger partial charge < -0.3 is 19.9 Å². The number of para-hydroxylation sites is 1. The Morgan fingerprint density at radius 2 is 1.69 bits per heavy atom. The van der Waals surface area contributed by atoms with E-state index in [0.717, 1.165) is 25.4 Å². The van der Waals surface area contributed by atoms with Crippen LogP contribution in [0.2, 0.25) is 0 Å². The van der Waals surface area contributed by atoms with Crippen molar-refractivity contribution < 1.29 is 24.2 Å². The molecule has 8 heteroatoms. The van der Waals surface area contributed by atoms with Crippen LogP contribution in [-0.4, -0.2) is 53.1 Å². The second kappa shape index (κ2) is 12.0. The number of amides is 1. The number of anilines is 1. The van der Waals surface area contributed by atoms with Crippen molar-refractivity contribution in [2.45, 2.75) is 25.7 Å². The number of aromatic carboxylic acids is 1. The lowest BCUT2D eigenvalue weighted by Crippen LogP contribution is -2.33. The molecule has 0 radical (unpaired) electrons. The molecule has 3 aromatic rings. The summed E-state index contributed by atoms with van der Waals surface area (Å²) < 4.78 is 11.6. The molecule has 2 N–H and O–H groups in total. The van der Waals surface area contributed by atoms with Crippen LogP contribution >= 0.6 is 0 Å². The molecule has 8 nitrogen and oxygen atoms in total. The Bertz CT molecular complexity index is 1130. The maximum atomic E-state index is 12.4. The van der Waals surface area contributed by atoms with Gasteiger partial charge in [0, 0.05) is 18.8 Å². The summed E-state index contributed by atoms with van der Waals surface area (Å²) in [6.07, 6.45) is 5.50. The number of benzene rings is 2.